The first-order valence-electron chi connectivity index (χ1n) is 6.01. The maximum absolute atomic E-state index is 11.8. The van der Waals surface area contributed by atoms with Gasteiger partial charge in [0, 0.05) is 32.4 Å². The molecule has 6 heteroatoms. The number of hydrogen-bond acceptors (Lipinski definition) is 4. The van der Waals surface area contributed by atoms with Crippen LogP contribution in [0, 0.1) is 0 Å². The third-order valence-corrected chi connectivity index (χ3v) is 3.53. The smallest absolute Gasteiger partial charge is 0.254 e. The summed E-state index contributed by atoms with van der Waals surface area (Å²) in [6, 6.07) is 3.65. The molecule has 1 atom stereocenters. The average Bonchev–Trinajstić information content (AvgIpc) is 3.23. The van der Waals surface area contributed by atoms with E-state index in [0.29, 0.717) is 24.7 Å². The minimum absolute atomic E-state index is 0.113. The van der Waals surface area contributed by atoms with Gasteiger partial charge in [-0.05, 0) is 12.1 Å². The van der Waals surface area contributed by atoms with Gasteiger partial charge in [0.15, 0.2) is 6.10 Å². The van der Waals surface area contributed by atoms with E-state index in [1.807, 2.05) is 17.0 Å². The Hall–Kier alpha value is -1.33. The lowest BCUT2D eigenvalue weighted by molar-refractivity contribution is -0.132. The quantitative estimate of drug-likeness (QED) is 0.743. The molecule has 0 spiro atoms. The van der Waals surface area contributed by atoms with E-state index in [1.54, 1.807) is 6.20 Å². The number of epoxide rings is 1. The van der Waals surface area contributed by atoms with Crippen LogP contribution in [0.3, 0.4) is 0 Å². The number of ether oxygens (including phenoxy) is 1. The van der Waals surface area contributed by atoms with Crippen LogP contribution in [0.25, 0.3) is 0 Å². The van der Waals surface area contributed by atoms with Crippen molar-refractivity contribution in [1.29, 1.82) is 0 Å². The zero-order valence-corrected chi connectivity index (χ0v) is 10.6. The Kier molecular flexibility index (Phi) is 3.09. The van der Waals surface area contributed by atoms with Crippen molar-refractivity contribution < 1.29 is 9.53 Å². The lowest BCUT2D eigenvalue weighted by Crippen LogP contribution is -2.50. The van der Waals surface area contributed by atoms with Crippen molar-refractivity contribution in [3.63, 3.8) is 0 Å². The third-order valence-electron chi connectivity index (χ3n) is 3.24. The molecule has 2 fully saturated rings. The van der Waals surface area contributed by atoms with Gasteiger partial charge >= 0.3 is 0 Å². The Labute approximate surface area is 110 Å². The first-order chi connectivity index (χ1) is 8.75. The van der Waals surface area contributed by atoms with Crippen molar-refractivity contribution in [2.24, 2.45) is 0 Å². The highest BCUT2D eigenvalue weighted by Gasteiger charge is 2.36. The van der Waals surface area contributed by atoms with Gasteiger partial charge in [-0.1, -0.05) is 11.6 Å². The second-order valence-corrected chi connectivity index (χ2v) is 4.85. The summed E-state index contributed by atoms with van der Waals surface area (Å²) in [5, 5.41) is 0.655. The van der Waals surface area contributed by atoms with E-state index in [2.05, 4.69) is 9.88 Å². The van der Waals surface area contributed by atoms with Crippen LogP contribution >= 0.6 is 11.6 Å². The highest BCUT2D eigenvalue weighted by atomic mass is 35.5. The second kappa shape index (κ2) is 4.74. The Morgan fingerprint density at radius 2 is 2.11 bits per heavy atom. The number of pyridine rings is 1. The van der Waals surface area contributed by atoms with Crippen LogP contribution in [-0.4, -0.2) is 54.7 Å². The topological polar surface area (TPSA) is 49.0 Å². The number of piperazine rings is 1. The molecule has 5 nitrogen and oxygen atoms in total. The van der Waals surface area contributed by atoms with Crippen LogP contribution in [0.2, 0.25) is 5.02 Å². The van der Waals surface area contributed by atoms with Gasteiger partial charge in [-0.2, -0.15) is 0 Å². The summed E-state index contributed by atoms with van der Waals surface area (Å²) in [6.45, 7) is 3.49. The van der Waals surface area contributed by atoms with Crippen LogP contribution in [0.4, 0.5) is 5.82 Å². The van der Waals surface area contributed by atoms with Crippen LogP contribution in [0.15, 0.2) is 18.3 Å². The van der Waals surface area contributed by atoms with E-state index < -0.39 is 0 Å². The van der Waals surface area contributed by atoms with Gasteiger partial charge in [-0.15, -0.1) is 0 Å². The standard InChI is InChI=1S/C12H14ClN3O2/c13-9-2-1-3-14-11(9)15-4-6-16(7-5-15)12(17)10-8-18-10/h1-3,10H,4-8H2. The van der Waals surface area contributed by atoms with Crippen molar-refractivity contribution in [1.82, 2.24) is 9.88 Å². The summed E-state index contributed by atoms with van der Waals surface area (Å²) < 4.78 is 5.02. The van der Waals surface area contributed by atoms with E-state index in [0.717, 1.165) is 18.9 Å². The van der Waals surface area contributed by atoms with Gasteiger partial charge in [0.05, 0.1) is 11.6 Å². The molecule has 2 aliphatic rings. The molecule has 2 aliphatic heterocycles. The molecule has 2 saturated heterocycles. The second-order valence-electron chi connectivity index (χ2n) is 4.44. The number of carbonyl (C=O) groups excluding carboxylic acids is 1. The predicted molar refractivity (Wildman–Crippen MR) is 67.8 cm³/mol. The first kappa shape index (κ1) is 11.7. The summed E-state index contributed by atoms with van der Waals surface area (Å²) in [4.78, 5) is 20.1. The molecule has 1 amide bonds. The number of hydrogen-bond donors (Lipinski definition) is 0. The van der Waals surface area contributed by atoms with Crippen LogP contribution < -0.4 is 4.90 Å². The molecular weight excluding hydrogens is 254 g/mol. The minimum atomic E-state index is -0.185. The van der Waals surface area contributed by atoms with Crippen molar-refractivity contribution in [3.05, 3.63) is 23.4 Å². The number of carbonyl (C=O) groups is 1. The summed E-state index contributed by atoms with van der Waals surface area (Å²) in [6.07, 6.45) is 1.55. The van der Waals surface area contributed by atoms with E-state index in [1.165, 1.54) is 0 Å². The zero-order chi connectivity index (χ0) is 12.5. The SMILES string of the molecule is O=C(C1CO1)N1CCN(c2ncccc2Cl)CC1. The van der Waals surface area contributed by atoms with E-state index >= 15 is 0 Å². The lowest BCUT2D eigenvalue weighted by atomic mass is 10.2. The number of anilines is 1. The average molecular weight is 268 g/mol. The highest BCUT2D eigenvalue weighted by molar-refractivity contribution is 6.32. The molecule has 1 unspecified atom stereocenters. The normalized spacial score (nSPS) is 23.1. The van der Waals surface area contributed by atoms with Gasteiger partial charge in [-0.25, -0.2) is 4.98 Å². The van der Waals surface area contributed by atoms with Gasteiger partial charge < -0.3 is 14.5 Å². The molecule has 0 saturated carbocycles. The van der Waals surface area contributed by atoms with E-state index in [9.17, 15) is 4.79 Å². The summed E-state index contributed by atoms with van der Waals surface area (Å²) in [7, 11) is 0. The summed E-state index contributed by atoms with van der Waals surface area (Å²) in [5.41, 5.74) is 0. The number of rotatable bonds is 2. The fraction of sp³-hybridized carbons (Fsp3) is 0.500. The highest BCUT2D eigenvalue weighted by Crippen LogP contribution is 2.24. The molecule has 18 heavy (non-hydrogen) atoms. The molecule has 1 aromatic heterocycles. The fourth-order valence-corrected chi connectivity index (χ4v) is 2.38. The molecule has 0 aromatic carbocycles. The third kappa shape index (κ3) is 2.28. The van der Waals surface area contributed by atoms with Gasteiger partial charge in [0.2, 0.25) is 0 Å². The largest absolute Gasteiger partial charge is 0.363 e. The molecule has 0 radical (unpaired) electrons. The number of amides is 1. The lowest BCUT2D eigenvalue weighted by Gasteiger charge is -2.35. The predicted octanol–water partition coefficient (Wildman–Crippen LogP) is 0.782. The molecular formula is C12H14ClN3O2. The van der Waals surface area contributed by atoms with Crippen molar-refractivity contribution in [2.75, 3.05) is 37.7 Å². The Balaban J connectivity index is 1.63. The van der Waals surface area contributed by atoms with Gasteiger partial charge in [0.25, 0.3) is 5.91 Å². The van der Waals surface area contributed by atoms with Crippen LogP contribution in [0.1, 0.15) is 0 Å². The van der Waals surface area contributed by atoms with E-state index in [-0.39, 0.29) is 12.0 Å². The van der Waals surface area contributed by atoms with Crippen LogP contribution in [-0.2, 0) is 9.53 Å². The molecule has 0 N–H and O–H groups in total. The molecule has 3 heterocycles. The van der Waals surface area contributed by atoms with Gasteiger partial charge in [-0.3, -0.25) is 4.79 Å². The molecule has 96 valence electrons. The first-order valence-corrected chi connectivity index (χ1v) is 6.39. The molecule has 0 bridgehead atoms. The maximum atomic E-state index is 11.8. The molecule has 3 rings (SSSR count). The zero-order valence-electron chi connectivity index (χ0n) is 9.88. The summed E-state index contributed by atoms with van der Waals surface area (Å²) >= 11 is 6.11. The maximum Gasteiger partial charge on any atom is 0.254 e. The monoisotopic (exact) mass is 267 g/mol. The van der Waals surface area contributed by atoms with E-state index in [4.69, 9.17) is 16.3 Å². The Bertz CT molecular complexity index is 456. The van der Waals surface area contributed by atoms with Crippen molar-refractivity contribution in [2.45, 2.75) is 6.10 Å². The van der Waals surface area contributed by atoms with Crippen LogP contribution in [0.5, 0.6) is 0 Å². The molecule has 1 aromatic rings. The Morgan fingerprint density at radius 1 is 1.39 bits per heavy atom. The van der Waals surface area contributed by atoms with Crippen molar-refractivity contribution in [3.8, 4) is 0 Å². The number of nitrogens with zero attached hydrogens (tertiary/aromatic N) is 3. The number of halogens is 1. The summed E-state index contributed by atoms with van der Waals surface area (Å²) in [5.74, 6) is 0.913. The van der Waals surface area contributed by atoms with Crippen molar-refractivity contribution >= 4 is 23.3 Å². The fourth-order valence-electron chi connectivity index (χ4n) is 2.14. The minimum Gasteiger partial charge on any atom is -0.363 e. The van der Waals surface area contributed by atoms with Gasteiger partial charge in [0.1, 0.15) is 5.82 Å². The number of aromatic nitrogens is 1. The Morgan fingerprint density at radius 3 is 2.72 bits per heavy atom. The molecule has 0 aliphatic carbocycles.